The highest BCUT2D eigenvalue weighted by atomic mass is 35.5. The fourth-order valence-electron chi connectivity index (χ4n) is 1.92. The quantitative estimate of drug-likeness (QED) is 0.817. The average Bonchev–Trinajstić information content (AvgIpc) is 2.34. The van der Waals surface area contributed by atoms with E-state index in [0.717, 1.165) is 4.31 Å². The van der Waals surface area contributed by atoms with E-state index < -0.39 is 33.9 Å². The van der Waals surface area contributed by atoms with Gasteiger partial charge in [-0.3, -0.25) is 14.9 Å². The highest BCUT2D eigenvalue weighted by Crippen LogP contribution is 2.30. The maximum Gasteiger partial charge on any atom is 0.247 e. The second-order valence-corrected chi connectivity index (χ2v) is 7.12. The highest BCUT2D eigenvalue weighted by Gasteiger charge is 2.48. The zero-order chi connectivity index (χ0) is 15.1. The molecule has 1 saturated heterocycles. The molecule has 0 atom stereocenters. The summed E-state index contributed by atoms with van der Waals surface area (Å²) < 4.78 is 26.1. The van der Waals surface area contributed by atoms with Gasteiger partial charge in [-0.05, 0) is 26.0 Å². The van der Waals surface area contributed by atoms with Crippen LogP contribution < -0.4 is 5.32 Å². The van der Waals surface area contributed by atoms with Gasteiger partial charge in [-0.2, -0.15) is 4.31 Å². The second-order valence-electron chi connectivity index (χ2n) is 4.88. The van der Waals surface area contributed by atoms with Gasteiger partial charge in [0.05, 0.1) is 11.6 Å². The lowest BCUT2D eigenvalue weighted by Gasteiger charge is -2.38. The minimum absolute atomic E-state index is 0.0433. The first-order valence-corrected chi connectivity index (χ1v) is 7.61. The van der Waals surface area contributed by atoms with Crippen molar-refractivity contribution in [3.63, 3.8) is 0 Å². The third-order valence-corrected chi connectivity index (χ3v) is 5.64. The predicted molar refractivity (Wildman–Crippen MR) is 72.6 cm³/mol. The molecule has 1 aromatic rings. The molecule has 1 aliphatic heterocycles. The van der Waals surface area contributed by atoms with Crippen LogP contribution in [0.2, 0.25) is 5.02 Å². The second kappa shape index (κ2) is 4.83. The fraction of sp³-hybridized carbons (Fsp3) is 0.333. The summed E-state index contributed by atoms with van der Waals surface area (Å²) in [6, 6.07) is 5.90. The van der Waals surface area contributed by atoms with Gasteiger partial charge in [-0.15, -0.1) is 0 Å². The molecule has 2 amide bonds. The average molecular weight is 317 g/mol. The van der Waals surface area contributed by atoms with Crippen LogP contribution in [-0.2, 0) is 19.6 Å². The van der Waals surface area contributed by atoms with Crippen molar-refractivity contribution in [1.29, 1.82) is 0 Å². The number of hydrogen-bond donors (Lipinski definition) is 1. The predicted octanol–water partition coefficient (Wildman–Crippen LogP) is 0.766. The van der Waals surface area contributed by atoms with E-state index in [9.17, 15) is 18.0 Å². The van der Waals surface area contributed by atoms with Gasteiger partial charge in [0, 0.05) is 0 Å². The van der Waals surface area contributed by atoms with Crippen LogP contribution in [0.3, 0.4) is 0 Å². The molecule has 1 fully saturated rings. The van der Waals surface area contributed by atoms with Crippen molar-refractivity contribution < 1.29 is 18.0 Å². The topological polar surface area (TPSA) is 83.6 Å². The van der Waals surface area contributed by atoms with Gasteiger partial charge in [-0.25, -0.2) is 8.42 Å². The van der Waals surface area contributed by atoms with Crippen molar-refractivity contribution in [3.8, 4) is 0 Å². The number of carbonyl (C=O) groups is 2. The number of benzene rings is 1. The Hall–Kier alpha value is -1.44. The fourth-order valence-corrected chi connectivity index (χ4v) is 4.12. The summed E-state index contributed by atoms with van der Waals surface area (Å²) in [5, 5.41) is 2.16. The van der Waals surface area contributed by atoms with E-state index in [2.05, 4.69) is 5.32 Å². The Morgan fingerprint density at radius 1 is 1.25 bits per heavy atom. The normalized spacial score (nSPS) is 19.8. The molecule has 2 rings (SSSR count). The molecule has 0 aromatic heterocycles. The minimum Gasteiger partial charge on any atom is -0.294 e. The van der Waals surface area contributed by atoms with Gasteiger partial charge in [-0.1, -0.05) is 23.7 Å². The molecule has 8 heteroatoms. The van der Waals surface area contributed by atoms with Crippen LogP contribution in [0, 0.1) is 0 Å². The van der Waals surface area contributed by atoms with Crippen LogP contribution in [-0.4, -0.2) is 36.6 Å². The minimum atomic E-state index is -4.05. The van der Waals surface area contributed by atoms with Gasteiger partial charge >= 0.3 is 0 Å². The summed E-state index contributed by atoms with van der Waals surface area (Å²) in [6.07, 6.45) is 0. The van der Waals surface area contributed by atoms with Crippen LogP contribution in [0.25, 0.3) is 0 Å². The number of nitrogens with zero attached hydrogens (tertiary/aromatic N) is 1. The van der Waals surface area contributed by atoms with E-state index in [-0.39, 0.29) is 9.92 Å². The maximum atomic E-state index is 12.6. The highest BCUT2D eigenvalue weighted by molar-refractivity contribution is 7.89. The lowest BCUT2D eigenvalue weighted by molar-refractivity contribution is -0.141. The first-order valence-electron chi connectivity index (χ1n) is 5.79. The van der Waals surface area contributed by atoms with Crippen molar-refractivity contribution in [2.24, 2.45) is 0 Å². The Kier molecular flexibility index (Phi) is 3.62. The van der Waals surface area contributed by atoms with E-state index >= 15 is 0 Å². The summed E-state index contributed by atoms with van der Waals surface area (Å²) in [5.74, 6) is -1.32. The molecule has 0 aliphatic carbocycles. The van der Waals surface area contributed by atoms with Crippen molar-refractivity contribution in [2.75, 3.05) is 6.54 Å². The largest absolute Gasteiger partial charge is 0.294 e. The number of hydrogen-bond acceptors (Lipinski definition) is 4. The molecule has 0 spiro atoms. The number of sulfonamides is 1. The van der Waals surface area contributed by atoms with Gasteiger partial charge in [0.1, 0.15) is 10.4 Å². The molecule has 0 radical (unpaired) electrons. The number of piperazine rings is 1. The summed E-state index contributed by atoms with van der Waals surface area (Å²) in [5.41, 5.74) is -1.37. The van der Waals surface area contributed by atoms with Crippen molar-refractivity contribution in [1.82, 2.24) is 9.62 Å². The summed E-state index contributed by atoms with van der Waals surface area (Å²) in [7, 11) is -4.05. The third-order valence-electron chi connectivity index (χ3n) is 3.12. The number of carbonyl (C=O) groups excluding carboxylic acids is 2. The molecule has 1 aromatic carbocycles. The molecule has 108 valence electrons. The Morgan fingerprint density at radius 2 is 1.85 bits per heavy atom. The van der Waals surface area contributed by atoms with Crippen LogP contribution >= 0.6 is 11.6 Å². The number of rotatable bonds is 2. The van der Waals surface area contributed by atoms with Crippen molar-refractivity contribution in [2.45, 2.75) is 24.3 Å². The summed E-state index contributed by atoms with van der Waals surface area (Å²) in [4.78, 5) is 23.2. The number of imide groups is 1. The van der Waals surface area contributed by atoms with Gasteiger partial charge in [0.25, 0.3) is 0 Å². The maximum absolute atomic E-state index is 12.6. The Bertz CT molecular complexity index is 684. The molecule has 6 nitrogen and oxygen atoms in total. The Labute approximate surface area is 121 Å². The Balaban J connectivity index is 2.56. The van der Waals surface area contributed by atoms with E-state index in [1.165, 1.54) is 32.0 Å². The molecule has 1 aliphatic rings. The van der Waals surface area contributed by atoms with Crippen LogP contribution in [0.15, 0.2) is 29.2 Å². The molecular weight excluding hydrogens is 304 g/mol. The van der Waals surface area contributed by atoms with Gasteiger partial charge in [0.15, 0.2) is 0 Å². The molecule has 20 heavy (non-hydrogen) atoms. The lowest BCUT2D eigenvalue weighted by Crippen LogP contribution is -2.65. The van der Waals surface area contributed by atoms with E-state index in [4.69, 9.17) is 11.6 Å². The van der Waals surface area contributed by atoms with Gasteiger partial charge in [0.2, 0.25) is 21.8 Å². The molecule has 0 bridgehead atoms. The van der Waals surface area contributed by atoms with Gasteiger partial charge < -0.3 is 0 Å². The number of halogens is 1. The van der Waals surface area contributed by atoms with Crippen molar-refractivity contribution >= 4 is 33.4 Å². The SMILES string of the molecule is CC1(C)C(=O)NC(=O)CN1S(=O)(=O)c1ccccc1Cl. The van der Waals surface area contributed by atoms with E-state index in [1.807, 2.05) is 0 Å². The van der Waals surface area contributed by atoms with Crippen LogP contribution in [0.4, 0.5) is 0 Å². The first-order chi connectivity index (χ1) is 9.17. The van der Waals surface area contributed by atoms with E-state index in [0.29, 0.717) is 0 Å². The monoisotopic (exact) mass is 316 g/mol. The smallest absolute Gasteiger partial charge is 0.247 e. The molecule has 0 saturated carbocycles. The summed E-state index contributed by atoms with van der Waals surface area (Å²) in [6.45, 7) is 2.44. The van der Waals surface area contributed by atoms with Crippen LogP contribution in [0.5, 0.6) is 0 Å². The van der Waals surface area contributed by atoms with E-state index in [1.54, 1.807) is 6.07 Å². The summed E-state index contributed by atoms with van der Waals surface area (Å²) >= 11 is 5.90. The standard InChI is InChI=1S/C12H13ClN2O4S/c1-12(2)11(17)14-10(16)7-15(12)20(18,19)9-6-4-3-5-8(9)13/h3-6H,7H2,1-2H3,(H,14,16,17). The zero-order valence-electron chi connectivity index (χ0n) is 10.9. The number of amides is 2. The lowest BCUT2D eigenvalue weighted by atomic mass is 10.0. The van der Waals surface area contributed by atoms with Crippen LogP contribution in [0.1, 0.15) is 13.8 Å². The molecule has 1 heterocycles. The molecule has 0 unspecified atom stereocenters. The first kappa shape index (κ1) is 15.0. The Morgan fingerprint density at radius 3 is 2.45 bits per heavy atom. The molecule has 1 N–H and O–H groups in total. The zero-order valence-corrected chi connectivity index (χ0v) is 12.5. The third kappa shape index (κ3) is 2.32. The molecular formula is C12H13ClN2O4S. The van der Waals surface area contributed by atoms with Crippen molar-refractivity contribution in [3.05, 3.63) is 29.3 Å². The number of nitrogens with one attached hydrogen (secondary N) is 1.